The molecule has 1 aliphatic rings. The van der Waals surface area contributed by atoms with Gasteiger partial charge in [-0.15, -0.1) is 0 Å². The third-order valence-corrected chi connectivity index (χ3v) is 2.90. The van der Waals surface area contributed by atoms with E-state index >= 15 is 0 Å². The highest BCUT2D eigenvalue weighted by molar-refractivity contribution is 5.90. The molecule has 2 amide bonds. The normalized spacial score (nSPS) is 15.4. The van der Waals surface area contributed by atoms with Crippen molar-refractivity contribution in [1.29, 1.82) is 0 Å². The molecule has 0 atom stereocenters. The maximum atomic E-state index is 13.4. The smallest absolute Gasteiger partial charge is 0.319 e. The molecule has 0 aliphatic heterocycles. The average molecular weight is 222 g/mol. The van der Waals surface area contributed by atoms with Gasteiger partial charge in [-0.3, -0.25) is 0 Å². The van der Waals surface area contributed by atoms with Crippen LogP contribution in [-0.4, -0.2) is 12.1 Å². The average Bonchev–Trinajstić information content (AvgIpc) is 2.18. The highest BCUT2D eigenvalue weighted by Crippen LogP contribution is 2.20. The molecular weight excluding hydrogens is 207 g/mol. The van der Waals surface area contributed by atoms with E-state index in [0.717, 1.165) is 24.8 Å². The molecule has 4 heteroatoms. The van der Waals surface area contributed by atoms with Crippen molar-refractivity contribution < 1.29 is 9.18 Å². The van der Waals surface area contributed by atoms with E-state index in [9.17, 15) is 9.18 Å². The van der Waals surface area contributed by atoms with Gasteiger partial charge in [0.15, 0.2) is 0 Å². The Labute approximate surface area is 94.0 Å². The topological polar surface area (TPSA) is 41.1 Å². The fourth-order valence-electron chi connectivity index (χ4n) is 1.68. The van der Waals surface area contributed by atoms with E-state index in [4.69, 9.17) is 0 Å². The van der Waals surface area contributed by atoms with E-state index in [1.165, 1.54) is 6.07 Å². The number of para-hydroxylation sites is 1. The third kappa shape index (κ3) is 2.32. The zero-order valence-electron chi connectivity index (χ0n) is 9.22. The molecule has 2 rings (SSSR count). The molecule has 0 heterocycles. The summed E-state index contributed by atoms with van der Waals surface area (Å²) in [4.78, 5) is 11.5. The molecule has 1 aromatic rings. The molecule has 0 bridgehead atoms. The lowest BCUT2D eigenvalue weighted by molar-refractivity contribution is 0.240. The fourth-order valence-corrected chi connectivity index (χ4v) is 1.68. The second-order valence-corrected chi connectivity index (χ2v) is 4.16. The van der Waals surface area contributed by atoms with Crippen molar-refractivity contribution in [3.63, 3.8) is 0 Å². The molecular formula is C12H15FN2O. The number of amides is 2. The van der Waals surface area contributed by atoms with Crippen LogP contribution in [-0.2, 0) is 0 Å². The first-order valence-corrected chi connectivity index (χ1v) is 5.49. The first-order chi connectivity index (χ1) is 7.66. The van der Waals surface area contributed by atoms with Crippen LogP contribution < -0.4 is 10.6 Å². The highest BCUT2D eigenvalue weighted by atomic mass is 19.1. The summed E-state index contributed by atoms with van der Waals surface area (Å²) < 4.78 is 13.4. The summed E-state index contributed by atoms with van der Waals surface area (Å²) in [6.07, 6.45) is 3.19. The standard InChI is InChI=1S/C12H15FN2O/c1-8-4-2-7-10(13)11(8)15-12(16)14-9-5-3-6-9/h2,4,7,9H,3,5-6H2,1H3,(H2,14,15,16). The molecule has 1 aliphatic carbocycles. The van der Waals surface area contributed by atoms with Crippen LogP contribution in [0.25, 0.3) is 0 Å². The minimum absolute atomic E-state index is 0.257. The van der Waals surface area contributed by atoms with Crippen LogP contribution in [0.1, 0.15) is 24.8 Å². The van der Waals surface area contributed by atoms with Crippen LogP contribution in [0.2, 0.25) is 0 Å². The van der Waals surface area contributed by atoms with E-state index in [2.05, 4.69) is 10.6 Å². The number of rotatable bonds is 2. The number of anilines is 1. The Morgan fingerprint density at radius 1 is 1.44 bits per heavy atom. The lowest BCUT2D eigenvalue weighted by Gasteiger charge is -2.26. The molecule has 1 fully saturated rings. The zero-order chi connectivity index (χ0) is 11.5. The lowest BCUT2D eigenvalue weighted by atomic mass is 9.93. The molecule has 2 N–H and O–H groups in total. The Morgan fingerprint density at radius 2 is 2.19 bits per heavy atom. The second kappa shape index (κ2) is 4.51. The van der Waals surface area contributed by atoms with Gasteiger partial charge in [0.2, 0.25) is 0 Å². The molecule has 3 nitrogen and oxygen atoms in total. The summed E-state index contributed by atoms with van der Waals surface area (Å²) in [5.74, 6) is -0.399. The van der Waals surface area contributed by atoms with E-state index in [1.54, 1.807) is 19.1 Å². The van der Waals surface area contributed by atoms with Crippen molar-refractivity contribution in [2.45, 2.75) is 32.2 Å². The summed E-state index contributed by atoms with van der Waals surface area (Å²) >= 11 is 0. The van der Waals surface area contributed by atoms with Crippen LogP contribution in [0.5, 0.6) is 0 Å². The number of halogens is 1. The number of carbonyl (C=O) groups is 1. The molecule has 1 aromatic carbocycles. The molecule has 1 saturated carbocycles. The molecule has 16 heavy (non-hydrogen) atoms. The van der Waals surface area contributed by atoms with Gasteiger partial charge < -0.3 is 10.6 Å². The monoisotopic (exact) mass is 222 g/mol. The summed E-state index contributed by atoms with van der Waals surface area (Å²) in [6, 6.07) is 4.67. The Kier molecular flexibility index (Phi) is 3.08. The number of hydrogen-bond acceptors (Lipinski definition) is 1. The maximum absolute atomic E-state index is 13.4. The minimum atomic E-state index is -0.399. The van der Waals surface area contributed by atoms with Crippen molar-refractivity contribution in [3.05, 3.63) is 29.6 Å². The Balaban J connectivity index is 1.99. The number of nitrogens with one attached hydrogen (secondary N) is 2. The van der Waals surface area contributed by atoms with Gasteiger partial charge in [0.1, 0.15) is 5.82 Å². The number of aryl methyl sites for hydroxylation is 1. The van der Waals surface area contributed by atoms with Gasteiger partial charge >= 0.3 is 6.03 Å². The van der Waals surface area contributed by atoms with Crippen molar-refractivity contribution in [2.24, 2.45) is 0 Å². The quantitative estimate of drug-likeness (QED) is 0.793. The largest absolute Gasteiger partial charge is 0.335 e. The summed E-state index contributed by atoms with van der Waals surface area (Å²) in [5.41, 5.74) is 0.989. The third-order valence-electron chi connectivity index (χ3n) is 2.90. The van der Waals surface area contributed by atoms with Crippen molar-refractivity contribution in [1.82, 2.24) is 5.32 Å². The maximum Gasteiger partial charge on any atom is 0.319 e. The molecule has 0 aromatic heterocycles. The molecule has 0 radical (unpaired) electrons. The number of hydrogen-bond donors (Lipinski definition) is 2. The molecule has 86 valence electrons. The SMILES string of the molecule is Cc1cccc(F)c1NC(=O)NC1CCC1. The Morgan fingerprint density at radius 3 is 2.75 bits per heavy atom. The molecule has 0 unspecified atom stereocenters. The fraction of sp³-hybridized carbons (Fsp3) is 0.417. The van der Waals surface area contributed by atoms with Gasteiger partial charge in [-0.25, -0.2) is 9.18 Å². The minimum Gasteiger partial charge on any atom is -0.335 e. The predicted molar refractivity (Wildman–Crippen MR) is 60.9 cm³/mol. The predicted octanol–water partition coefficient (Wildman–Crippen LogP) is 2.81. The highest BCUT2D eigenvalue weighted by Gasteiger charge is 2.20. The second-order valence-electron chi connectivity index (χ2n) is 4.16. The molecule has 0 spiro atoms. The van der Waals surface area contributed by atoms with Crippen molar-refractivity contribution in [3.8, 4) is 0 Å². The van der Waals surface area contributed by atoms with E-state index in [-0.39, 0.29) is 17.8 Å². The summed E-state index contributed by atoms with van der Waals surface area (Å²) in [7, 11) is 0. The number of urea groups is 1. The van der Waals surface area contributed by atoms with Gasteiger partial charge in [-0.2, -0.15) is 0 Å². The van der Waals surface area contributed by atoms with Crippen molar-refractivity contribution in [2.75, 3.05) is 5.32 Å². The lowest BCUT2D eigenvalue weighted by Crippen LogP contribution is -2.42. The zero-order valence-corrected chi connectivity index (χ0v) is 9.22. The van der Waals surface area contributed by atoms with Gasteiger partial charge in [-0.1, -0.05) is 12.1 Å². The van der Waals surface area contributed by atoms with Crippen LogP contribution in [0.4, 0.5) is 14.9 Å². The van der Waals surface area contributed by atoms with Gasteiger partial charge in [0.05, 0.1) is 5.69 Å². The first-order valence-electron chi connectivity index (χ1n) is 5.49. The van der Waals surface area contributed by atoms with Crippen LogP contribution in [0, 0.1) is 12.7 Å². The summed E-state index contributed by atoms with van der Waals surface area (Å²) in [6.45, 7) is 1.77. The van der Waals surface area contributed by atoms with E-state index < -0.39 is 5.82 Å². The van der Waals surface area contributed by atoms with Gasteiger partial charge in [0.25, 0.3) is 0 Å². The number of benzene rings is 1. The van der Waals surface area contributed by atoms with Crippen LogP contribution in [0.3, 0.4) is 0 Å². The van der Waals surface area contributed by atoms with Gasteiger partial charge in [-0.05, 0) is 37.8 Å². The number of carbonyl (C=O) groups excluding carboxylic acids is 1. The van der Waals surface area contributed by atoms with Gasteiger partial charge in [0, 0.05) is 6.04 Å². The molecule has 0 saturated heterocycles. The van der Waals surface area contributed by atoms with Crippen molar-refractivity contribution >= 4 is 11.7 Å². The van der Waals surface area contributed by atoms with E-state index in [1.807, 2.05) is 0 Å². The summed E-state index contributed by atoms with van der Waals surface area (Å²) in [5, 5.41) is 5.36. The van der Waals surface area contributed by atoms with E-state index in [0.29, 0.717) is 0 Å². The first kappa shape index (κ1) is 10.9. The Bertz CT molecular complexity index is 382. The van der Waals surface area contributed by atoms with Crippen LogP contribution >= 0.6 is 0 Å². The Hall–Kier alpha value is -1.58. The van der Waals surface area contributed by atoms with Crippen LogP contribution in [0.15, 0.2) is 18.2 Å².